The van der Waals surface area contributed by atoms with Crippen LogP contribution in [-0.2, 0) is 11.3 Å². The number of nitrogens with two attached hydrogens (primary N) is 1. The first kappa shape index (κ1) is 17.3. The zero-order valence-corrected chi connectivity index (χ0v) is 14.5. The Morgan fingerprint density at radius 1 is 1.04 bits per heavy atom. The Bertz CT molecular complexity index is 806. The summed E-state index contributed by atoms with van der Waals surface area (Å²) in [5.41, 5.74) is 1.65. The second-order valence-electron chi connectivity index (χ2n) is 5.71. The van der Waals surface area contributed by atoms with E-state index in [9.17, 15) is 9.18 Å². The normalized spacial score (nSPS) is 11.9. The zero-order chi connectivity index (χ0) is 17.5. The molecule has 1 atom stereocenters. The van der Waals surface area contributed by atoms with Crippen LogP contribution >= 0.6 is 11.3 Å². The van der Waals surface area contributed by atoms with Gasteiger partial charge in [-0.1, -0.05) is 54.6 Å². The highest BCUT2D eigenvalue weighted by atomic mass is 32.1. The van der Waals surface area contributed by atoms with Crippen molar-refractivity contribution in [2.75, 3.05) is 6.54 Å². The summed E-state index contributed by atoms with van der Waals surface area (Å²) < 4.78 is 13.6. The van der Waals surface area contributed by atoms with Crippen LogP contribution in [0.5, 0.6) is 0 Å². The maximum absolute atomic E-state index is 13.6. The lowest BCUT2D eigenvalue weighted by Crippen LogP contribution is -2.87. The fraction of sp³-hybridized carbons (Fsp3) is 0.150. The van der Waals surface area contributed by atoms with E-state index in [-0.39, 0.29) is 30.9 Å². The van der Waals surface area contributed by atoms with Crippen molar-refractivity contribution in [1.82, 2.24) is 5.32 Å². The van der Waals surface area contributed by atoms with Gasteiger partial charge in [0.2, 0.25) is 0 Å². The lowest BCUT2D eigenvalue weighted by atomic mass is 10.1. The summed E-state index contributed by atoms with van der Waals surface area (Å²) in [6.07, 6.45) is 0. The van der Waals surface area contributed by atoms with Crippen LogP contribution in [-0.4, -0.2) is 12.5 Å². The van der Waals surface area contributed by atoms with Crippen molar-refractivity contribution in [3.05, 3.63) is 93.9 Å². The molecule has 0 saturated carbocycles. The number of amides is 1. The molecule has 1 amide bonds. The van der Waals surface area contributed by atoms with Crippen molar-refractivity contribution in [3.63, 3.8) is 0 Å². The van der Waals surface area contributed by atoms with Crippen LogP contribution in [0.1, 0.15) is 22.0 Å². The minimum absolute atomic E-state index is 0.0837. The van der Waals surface area contributed by atoms with E-state index >= 15 is 0 Å². The van der Waals surface area contributed by atoms with E-state index < -0.39 is 0 Å². The second kappa shape index (κ2) is 8.55. The lowest BCUT2D eigenvalue weighted by Gasteiger charge is -2.14. The largest absolute Gasteiger partial charge is 0.347 e. The van der Waals surface area contributed by atoms with Crippen LogP contribution < -0.4 is 10.6 Å². The number of hydrogen-bond acceptors (Lipinski definition) is 2. The van der Waals surface area contributed by atoms with Gasteiger partial charge in [-0.05, 0) is 17.5 Å². The van der Waals surface area contributed by atoms with Crippen molar-refractivity contribution in [2.45, 2.75) is 12.6 Å². The first-order valence-electron chi connectivity index (χ1n) is 8.16. The summed E-state index contributed by atoms with van der Waals surface area (Å²) in [4.78, 5) is 13.4. The van der Waals surface area contributed by atoms with Gasteiger partial charge in [0, 0.05) is 17.7 Å². The van der Waals surface area contributed by atoms with E-state index in [1.54, 1.807) is 29.5 Å². The minimum atomic E-state index is -0.299. The highest BCUT2D eigenvalue weighted by Crippen LogP contribution is 2.22. The molecule has 0 unspecified atom stereocenters. The third-order valence-corrected chi connectivity index (χ3v) is 4.94. The van der Waals surface area contributed by atoms with Gasteiger partial charge < -0.3 is 10.6 Å². The third kappa shape index (κ3) is 4.75. The molecule has 0 aliphatic heterocycles. The molecular formula is C20H20FN2OS+. The number of hydrogen-bond donors (Lipinski definition) is 2. The van der Waals surface area contributed by atoms with Gasteiger partial charge in [-0.25, -0.2) is 4.39 Å². The molecule has 5 heteroatoms. The van der Waals surface area contributed by atoms with Crippen LogP contribution in [0.25, 0.3) is 0 Å². The van der Waals surface area contributed by atoms with Crippen molar-refractivity contribution in [3.8, 4) is 0 Å². The van der Waals surface area contributed by atoms with Crippen LogP contribution in [0.15, 0.2) is 72.1 Å². The van der Waals surface area contributed by atoms with E-state index in [1.165, 1.54) is 10.9 Å². The summed E-state index contributed by atoms with van der Waals surface area (Å²) in [5.74, 6) is -0.409. The third-order valence-electron chi connectivity index (χ3n) is 3.98. The van der Waals surface area contributed by atoms with E-state index in [0.717, 1.165) is 5.56 Å². The summed E-state index contributed by atoms with van der Waals surface area (Å²) in [6.45, 7) is 0.486. The molecule has 128 valence electrons. The fourth-order valence-electron chi connectivity index (χ4n) is 2.68. The van der Waals surface area contributed by atoms with Crippen molar-refractivity contribution < 1.29 is 14.5 Å². The first-order chi connectivity index (χ1) is 12.2. The number of carbonyl (C=O) groups excluding carboxylic acids is 1. The topological polar surface area (TPSA) is 45.7 Å². The molecule has 3 N–H and O–H groups in total. The molecule has 0 radical (unpaired) electrons. The number of thiophene rings is 1. The van der Waals surface area contributed by atoms with Crippen LogP contribution in [0, 0.1) is 5.82 Å². The summed E-state index contributed by atoms with van der Waals surface area (Å²) in [5, 5.41) is 6.84. The van der Waals surface area contributed by atoms with Gasteiger partial charge in [0.15, 0.2) is 6.54 Å². The van der Waals surface area contributed by atoms with E-state index in [2.05, 4.69) is 23.5 Å². The van der Waals surface area contributed by atoms with Gasteiger partial charge in [0.25, 0.3) is 5.91 Å². The van der Waals surface area contributed by atoms with Crippen LogP contribution in [0.4, 0.5) is 4.39 Å². The minimum Gasteiger partial charge on any atom is -0.347 e. The van der Waals surface area contributed by atoms with Gasteiger partial charge in [0.1, 0.15) is 11.9 Å². The van der Waals surface area contributed by atoms with Gasteiger partial charge in [-0.3, -0.25) is 4.79 Å². The predicted molar refractivity (Wildman–Crippen MR) is 97.6 cm³/mol. The molecular weight excluding hydrogens is 335 g/mol. The van der Waals surface area contributed by atoms with Crippen LogP contribution in [0.3, 0.4) is 0 Å². The Balaban J connectivity index is 1.60. The molecule has 2 aromatic carbocycles. The SMILES string of the molecule is O=C(C[NH2+][C@H](c1ccccc1)c1cccs1)NCc1ccccc1F. The molecule has 0 aliphatic rings. The van der Waals surface area contributed by atoms with Crippen LogP contribution in [0.2, 0.25) is 0 Å². The number of carbonyl (C=O) groups is 1. The molecule has 1 heterocycles. The van der Waals surface area contributed by atoms with Gasteiger partial charge in [0.05, 0.1) is 4.88 Å². The van der Waals surface area contributed by atoms with E-state index in [0.29, 0.717) is 5.56 Å². The quantitative estimate of drug-likeness (QED) is 0.673. The van der Waals surface area contributed by atoms with Gasteiger partial charge in [-0.15, -0.1) is 11.3 Å². The number of rotatable bonds is 7. The molecule has 0 bridgehead atoms. The number of nitrogens with one attached hydrogen (secondary N) is 1. The Hall–Kier alpha value is -2.50. The first-order valence-corrected chi connectivity index (χ1v) is 9.04. The molecule has 1 aromatic heterocycles. The molecule has 0 aliphatic carbocycles. The van der Waals surface area contributed by atoms with Crippen molar-refractivity contribution in [2.24, 2.45) is 0 Å². The van der Waals surface area contributed by atoms with Crippen molar-refractivity contribution in [1.29, 1.82) is 0 Å². The smallest absolute Gasteiger partial charge is 0.275 e. The maximum atomic E-state index is 13.6. The fourth-order valence-corrected chi connectivity index (χ4v) is 3.53. The Labute approximate surface area is 150 Å². The highest BCUT2D eigenvalue weighted by molar-refractivity contribution is 7.10. The zero-order valence-electron chi connectivity index (χ0n) is 13.7. The standard InChI is InChI=1S/C20H19FN2OS/c21-17-10-5-4-9-16(17)13-22-19(24)14-23-20(18-11-6-12-25-18)15-7-2-1-3-8-15/h1-12,20,23H,13-14H2,(H,22,24)/p+1/t20-/m1/s1. The maximum Gasteiger partial charge on any atom is 0.275 e. The molecule has 25 heavy (non-hydrogen) atoms. The Kier molecular flexibility index (Phi) is 5.93. The summed E-state index contributed by atoms with van der Waals surface area (Å²) in [7, 11) is 0. The van der Waals surface area contributed by atoms with Gasteiger partial charge >= 0.3 is 0 Å². The highest BCUT2D eigenvalue weighted by Gasteiger charge is 2.19. The number of benzene rings is 2. The van der Waals surface area contributed by atoms with E-state index in [4.69, 9.17) is 0 Å². The molecule has 3 aromatic rings. The summed E-state index contributed by atoms with van der Waals surface area (Å²) in [6, 6.07) is 20.8. The average molecular weight is 355 g/mol. The predicted octanol–water partition coefficient (Wildman–Crippen LogP) is 2.86. The Morgan fingerprint density at radius 3 is 2.52 bits per heavy atom. The molecule has 3 nitrogen and oxygen atoms in total. The lowest BCUT2D eigenvalue weighted by molar-refractivity contribution is -0.676. The molecule has 0 fully saturated rings. The number of halogens is 1. The number of quaternary nitrogens is 1. The summed E-state index contributed by atoms with van der Waals surface area (Å²) >= 11 is 1.68. The van der Waals surface area contributed by atoms with Gasteiger partial charge in [-0.2, -0.15) is 0 Å². The molecule has 3 rings (SSSR count). The Morgan fingerprint density at radius 2 is 1.80 bits per heavy atom. The van der Waals surface area contributed by atoms with E-state index in [1.807, 2.05) is 35.0 Å². The van der Waals surface area contributed by atoms with Crippen molar-refractivity contribution >= 4 is 17.2 Å². The molecule has 0 spiro atoms. The second-order valence-corrected chi connectivity index (χ2v) is 6.69. The average Bonchev–Trinajstić information content (AvgIpc) is 3.16. The monoisotopic (exact) mass is 355 g/mol. The molecule has 0 saturated heterocycles.